The second-order valence-corrected chi connectivity index (χ2v) is 4.95. The molecule has 4 nitrogen and oxygen atoms in total. The summed E-state index contributed by atoms with van der Waals surface area (Å²) in [6.07, 6.45) is -0.00208. The lowest BCUT2D eigenvalue weighted by Gasteiger charge is -2.20. The molecule has 0 radical (unpaired) electrons. The number of rotatable bonds is 6. The Hall–Kier alpha value is -1.81. The van der Waals surface area contributed by atoms with Crippen LogP contribution >= 0.6 is 0 Å². The minimum atomic E-state index is -0.00208. The van der Waals surface area contributed by atoms with Crippen molar-refractivity contribution in [2.24, 2.45) is 7.05 Å². The normalized spacial score (nSPS) is 12.4. The van der Waals surface area contributed by atoms with Gasteiger partial charge in [-0.25, -0.2) is 0 Å². The Morgan fingerprint density at radius 2 is 1.95 bits per heavy atom. The highest BCUT2D eigenvalue weighted by Crippen LogP contribution is 2.27. The number of nitrogens with zero attached hydrogens (tertiary/aromatic N) is 2. The minimum absolute atomic E-state index is 0.00208. The fourth-order valence-corrected chi connectivity index (χ4v) is 2.24. The van der Waals surface area contributed by atoms with E-state index >= 15 is 0 Å². The number of ether oxygens (including phenoxy) is 1. The summed E-state index contributed by atoms with van der Waals surface area (Å²) < 4.78 is 8.10. The molecule has 0 bridgehead atoms. The van der Waals surface area contributed by atoms with E-state index in [1.807, 2.05) is 43.8 Å². The molecule has 1 aromatic heterocycles. The molecule has 4 heteroatoms. The van der Waals surface area contributed by atoms with E-state index in [9.17, 15) is 0 Å². The van der Waals surface area contributed by atoms with E-state index in [-0.39, 0.29) is 6.10 Å². The molecule has 0 aliphatic carbocycles. The average Bonchev–Trinajstić information content (AvgIpc) is 2.70. The van der Waals surface area contributed by atoms with Gasteiger partial charge in [-0.3, -0.25) is 4.68 Å². The third kappa shape index (κ3) is 3.20. The molecular formula is C16H23N3O. The summed E-state index contributed by atoms with van der Waals surface area (Å²) in [6, 6.07) is 10.3. The van der Waals surface area contributed by atoms with E-state index < -0.39 is 0 Å². The van der Waals surface area contributed by atoms with Crippen molar-refractivity contribution >= 4 is 0 Å². The van der Waals surface area contributed by atoms with Crippen LogP contribution in [0.3, 0.4) is 0 Å². The van der Waals surface area contributed by atoms with Crippen molar-refractivity contribution in [1.82, 2.24) is 15.1 Å². The van der Waals surface area contributed by atoms with E-state index in [0.29, 0.717) is 0 Å². The second kappa shape index (κ2) is 6.57. The van der Waals surface area contributed by atoms with Crippen molar-refractivity contribution in [2.45, 2.75) is 26.9 Å². The molecule has 1 N–H and O–H groups in total. The van der Waals surface area contributed by atoms with Gasteiger partial charge in [0.2, 0.25) is 0 Å². The molecule has 1 aromatic carbocycles. The van der Waals surface area contributed by atoms with Crippen molar-refractivity contribution in [1.29, 1.82) is 0 Å². The standard InChI is InChI=1S/C16H23N3O/c1-5-17-11-15(14-9-7-6-8-10-14)20-16-12(2)18-19(4)13(16)3/h6-10,15,17H,5,11H2,1-4H3. The molecule has 1 unspecified atom stereocenters. The van der Waals surface area contributed by atoms with Crippen LogP contribution in [-0.4, -0.2) is 22.9 Å². The van der Waals surface area contributed by atoms with E-state index in [0.717, 1.165) is 30.2 Å². The van der Waals surface area contributed by atoms with Gasteiger partial charge in [-0.05, 0) is 26.0 Å². The fraction of sp³-hybridized carbons (Fsp3) is 0.438. The first-order valence-corrected chi connectivity index (χ1v) is 7.06. The molecule has 108 valence electrons. The summed E-state index contributed by atoms with van der Waals surface area (Å²) in [4.78, 5) is 0. The summed E-state index contributed by atoms with van der Waals surface area (Å²) >= 11 is 0. The van der Waals surface area contributed by atoms with Crippen LogP contribution in [-0.2, 0) is 7.05 Å². The quantitative estimate of drug-likeness (QED) is 0.879. The van der Waals surface area contributed by atoms with Crippen LogP contribution in [0.1, 0.15) is 30.0 Å². The van der Waals surface area contributed by atoms with Gasteiger partial charge < -0.3 is 10.1 Å². The van der Waals surface area contributed by atoms with Gasteiger partial charge in [-0.15, -0.1) is 0 Å². The Morgan fingerprint density at radius 3 is 2.50 bits per heavy atom. The molecule has 20 heavy (non-hydrogen) atoms. The maximum atomic E-state index is 6.24. The van der Waals surface area contributed by atoms with E-state index in [1.54, 1.807) is 0 Å². The molecule has 0 aliphatic heterocycles. The predicted octanol–water partition coefficient (Wildman–Crippen LogP) is 2.77. The third-order valence-electron chi connectivity index (χ3n) is 3.45. The van der Waals surface area contributed by atoms with Crippen LogP contribution in [0.5, 0.6) is 5.75 Å². The zero-order valence-electron chi connectivity index (χ0n) is 12.7. The molecule has 0 amide bonds. The van der Waals surface area contributed by atoms with Gasteiger partial charge in [0.25, 0.3) is 0 Å². The maximum Gasteiger partial charge on any atom is 0.163 e. The monoisotopic (exact) mass is 273 g/mol. The van der Waals surface area contributed by atoms with Crippen LogP contribution in [0.15, 0.2) is 30.3 Å². The second-order valence-electron chi connectivity index (χ2n) is 4.95. The number of aromatic nitrogens is 2. The summed E-state index contributed by atoms with van der Waals surface area (Å²) in [5.74, 6) is 0.888. The summed E-state index contributed by atoms with van der Waals surface area (Å²) in [5, 5.41) is 7.77. The van der Waals surface area contributed by atoms with Crippen molar-refractivity contribution in [3.63, 3.8) is 0 Å². The van der Waals surface area contributed by atoms with Crippen LogP contribution in [0, 0.1) is 13.8 Å². The molecule has 2 aromatic rings. The molecule has 0 saturated heterocycles. The molecule has 1 heterocycles. The summed E-state index contributed by atoms with van der Waals surface area (Å²) in [5.41, 5.74) is 3.17. The van der Waals surface area contributed by atoms with Crippen molar-refractivity contribution in [2.75, 3.05) is 13.1 Å². The Bertz CT molecular complexity index is 548. The number of likely N-dealkylation sites (N-methyl/N-ethyl adjacent to an activating group) is 1. The Balaban J connectivity index is 2.24. The highest BCUT2D eigenvalue weighted by atomic mass is 16.5. The van der Waals surface area contributed by atoms with Gasteiger partial charge in [-0.2, -0.15) is 5.10 Å². The van der Waals surface area contributed by atoms with Crippen LogP contribution in [0.25, 0.3) is 0 Å². The number of benzene rings is 1. The number of nitrogens with one attached hydrogen (secondary N) is 1. The first-order valence-electron chi connectivity index (χ1n) is 7.06. The first kappa shape index (κ1) is 14.6. The zero-order chi connectivity index (χ0) is 14.5. The van der Waals surface area contributed by atoms with Crippen LogP contribution in [0.4, 0.5) is 0 Å². The molecule has 0 saturated carbocycles. The Labute approximate surface area is 120 Å². The van der Waals surface area contributed by atoms with Gasteiger partial charge in [0.1, 0.15) is 11.8 Å². The lowest BCUT2D eigenvalue weighted by Crippen LogP contribution is -2.25. The maximum absolute atomic E-state index is 6.24. The lowest BCUT2D eigenvalue weighted by molar-refractivity contribution is 0.199. The number of aryl methyl sites for hydroxylation is 2. The molecule has 1 atom stereocenters. The smallest absolute Gasteiger partial charge is 0.163 e. The summed E-state index contributed by atoms with van der Waals surface area (Å²) in [6.45, 7) is 7.83. The SMILES string of the molecule is CCNCC(Oc1c(C)nn(C)c1C)c1ccccc1. The van der Waals surface area contributed by atoms with Crippen LogP contribution in [0.2, 0.25) is 0 Å². The van der Waals surface area contributed by atoms with Crippen LogP contribution < -0.4 is 10.1 Å². The number of hydrogen-bond acceptors (Lipinski definition) is 3. The topological polar surface area (TPSA) is 39.1 Å². The number of hydrogen-bond donors (Lipinski definition) is 1. The fourth-order valence-electron chi connectivity index (χ4n) is 2.24. The highest BCUT2D eigenvalue weighted by Gasteiger charge is 2.18. The Kier molecular flexibility index (Phi) is 4.79. The van der Waals surface area contributed by atoms with Gasteiger partial charge >= 0.3 is 0 Å². The van der Waals surface area contributed by atoms with Crippen molar-refractivity contribution < 1.29 is 4.74 Å². The zero-order valence-corrected chi connectivity index (χ0v) is 12.7. The van der Waals surface area contributed by atoms with Gasteiger partial charge in [0.05, 0.1) is 5.69 Å². The summed E-state index contributed by atoms with van der Waals surface area (Å²) in [7, 11) is 1.94. The van der Waals surface area contributed by atoms with Crippen molar-refractivity contribution in [3.8, 4) is 5.75 Å². The van der Waals surface area contributed by atoms with Gasteiger partial charge in [0.15, 0.2) is 5.75 Å². The average molecular weight is 273 g/mol. The molecule has 0 fully saturated rings. The first-order chi connectivity index (χ1) is 9.63. The lowest BCUT2D eigenvalue weighted by atomic mass is 10.1. The van der Waals surface area contributed by atoms with Gasteiger partial charge in [0, 0.05) is 13.6 Å². The Morgan fingerprint density at radius 1 is 1.25 bits per heavy atom. The van der Waals surface area contributed by atoms with E-state index in [1.165, 1.54) is 5.56 Å². The molecule has 2 rings (SSSR count). The molecule has 0 aliphatic rings. The van der Waals surface area contributed by atoms with Crippen molar-refractivity contribution in [3.05, 3.63) is 47.3 Å². The molecular weight excluding hydrogens is 250 g/mol. The minimum Gasteiger partial charge on any atom is -0.481 e. The van der Waals surface area contributed by atoms with E-state index in [4.69, 9.17) is 4.74 Å². The van der Waals surface area contributed by atoms with E-state index in [2.05, 4.69) is 29.5 Å². The molecule has 0 spiro atoms. The largest absolute Gasteiger partial charge is 0.481 e. The van der Waals surface area contributed by atoms with Gasteiger partial charge in [-0.1, -0.05) is 37.3 Å². The third-order valence-corrected chi connectivity index (χ3v) is 3.45. The predicted molar refractivity (Wildman–Crippen MR) is 81.0 cm³/mol. The highest BCUT2D eigenvalue weighted by molar-refractivity contribution is 5.33.